The van der Waals surface area contributed by atoms with E-state index >= 15 is 0 Å². The Bertz CT molecular complexity index is 996. The minimum absolute atomic E-state index is 0. The Morgan fingerprint density at radius 1 is 0.938 bits per heavy atom. The van der Waals surface area contributed by atoms with Crippen molar-refractivity contribution in [1.82, 2.24) is 0 Å². The maximum absolute atomic E-state index is 12.7. The van der Waals surface area contributed by atoms with Crippen LogP contribution in [-0.2, 0) is 21.7 Å². The molecule has 4 N–H and O–H groups in total. The van der Waals surface area contributed by atoms with Crippen molar-refractivity contribution >= 4 is 0 Å². The Balaban J connectivity index is 0.00000289. The van der Waals surface area contributed by atoms with E-state index in [1.54, 1.807) is 12.1 Å². The van der Waals surface area contributed by atoms with Crippen molar-refractivity contribution in [1.29, 1.82) is 0 Å². The number of hydrogen-bond acceptors (Lipinski definition) is 7. The van der Waals surface area contributed by atoms with E-state index in [1.165, 1.54) is 13.2 Å². The van der Waals surface area contributed by atoms with Crippen molar-refractivity contribution in [3.8, 4) is 16.9 Å². The van der Waals surface area contributed by atoms with Gasteiger partial charge in [0, 0.05) is 12.7 Å². The van der Waals surface area contributed by atoms with Gasteiger partial charge >= 0.3 is 29.6 Å². The minimum atomic E-state index is -2.02. The van der Waals surface area contributed by atoms with Gasteiger partial charge in [0.2, 0.25) is 5.79 Å². The van der Waals surface area contributed by atoms with Crippen LogP contribution in [0.25, 0.3) is 11.1 Å². The van der Waals surface area contributed by atoms with Crippen LogP contribution < -0.4 is 34.7 Å². The third-order valence-corrected chi connectivity index (χ3v) is 5.87. The van der Waals surface area contributed by atoms with Crippen LogP contribution in [-0.4, -0.2) is 58.6 Å². The molecule has 1 unspecified atom stereocenters. The summed E-state index contributed by atoms with van der Waals surface area (Å²) in [7, 11) is 1.23. The van der Waals surface area contributed by atoms with E-state index in [0.29, 0.717) is 6.42 Å². The molecular formula is C24H25NaO7. The summed E-state index contributed by atoms with van der Waals surface area (Å²) in [5.41, 5.74) is 4.02. The zero-order chi connectivity index (χ0) is 22.2. The van der Waals surface area contributed by atoms with E-state index in [1.807, 2.05) is 30.3 Å². The van der Waals surface area contributed by atoms with E-state index < -0.39 is 42.6 Å². The molecule has 32 heavy (non-hydrogen) atoms. The Hall–Kier alpha value is -1.52. The van der Waals surface area contributed by atoms with Crippen molar-refractivity contribution in [3.63, 3.8) is 0 Å². The van der Waals surface area contributed by atoms with Crippen molar-refractivity contribution in [3.05, 3.63) is 77.4 Å². The first-order valence-electron chi connectivity index (χ1n) is 10.1. The third-order valence-electron chi connectivity index (χ3n) is 5.87. The first kappa shape index (κ1) is 25.1. The molecule has 8 heteroatoms. The standard InChI is InChI=1S/C24H26O7.Na/c1-30-24(23(29)22(28)21(27)20(13-25)31-24)18-12-14(7-8-19(18)26)9-15-10-16-5-3-2-4-6-17(16)11-15;/h2-8,10-12,20-23,25-29H,9,13H2,1H3;/q;+1/p-1/t20-,21-,22+,23-,24?;/m1./s1. The van der Waals surface area contributed by atoms with Gasteiger partial charge in [-0.05, 0) is 28.7 Å². The van der Waals surface area contributed by atoms with Gasteiger partial charge in [-0.3, -0.25) is 0 Å². The van der Waals surface area contributed by atoms with E-state index in [2.05, 4.69) is 12.1 Å². The van der Waals surface area contributed by atoms with E-state index in [4.69, 9.17) is 9.47 Å². The third kappa shape index (κ3) is 4.46. The summed E-state index contributed by atoms with van der Waals surface area (Å²) >= 11 is 0. The Morgan fingerprint density at radius 3 is 2.19 bits per heavy atom. The molecule has 0 amide bonds. The van der Waals surface area contributed by atoms with Crippen LogP contribution in [0.4, 0.5) is 0 Å². The van der Waals surface area contributed by atoms with Gasteiger partial charge in [0.15, 0.2) is 0 Å². The molecule has 7 nitrogen and oxygen atoms in total. The Kier molecular flexibility index (Phi) is 7.98. The normalized spacial score (nSPS) is 27.8. The number of benzene rings is 1. The molecule has 4 rings (SSSR count). The maximum Gasteiger partial charge on any atom is 1.00 e. The van der Waals surface area contributed by atoms with Crippen LogP contribution in [0.5, 0.6) is 5.75 Å². The molecule has 0 radical (unpaired) electrons. The predicted octanol–water partition coefficient (Wildman–Crippen LogP) is -2.27. The fourth-order valence-electron chi connectivity index (χ4n) is 4.22. The monoisotopic (exact) mass is 448 g/mol. The van der Waals surface area contributed by atoms with Crippen molar-refractivity contribution in [2.24, 2.45) is 0 Å². The molecule has 1 aromatic rings. The van der Waals surface area contributed by atoms with E-state index in [9.17, 15) is 25.5 Å². The summed E-state index contributed by atoms with van der Waals surface area (Å²) in [6.45, 7) is -0.624. The molecular weight excluding hydrogens is 423 g/mol. The molecule has 2 aliphatic carbocycles. The molecule has 0 saturated carbocycles. The molecule has 5 atom stereocenters. The van der Waals surface area contributed by atoms with Gasteiger partial charge < -0.3 is 35.0 Å². The molecule has 1 aromatic carbocycles. The fourth-order valence-corrected chi connectivity index (χ4v) is 4.22. The summed E-state index contributed by atoms with van der Waals surface area (Å²) in [5.74, 6) is -2.48. The average molecular weight is 448 g/mol. The SMILES string of the molecule is COC1(c2cc(Cc3cc4cccccc-4c3)ccc2[O-])O[C@H](CO)[C@@H](O)[C@H](O)[C@H]1O.[Na+]. The number of hydrogen-bond donors (Lipinski definition) is 4. The van der Waals surface area contributed by atoms with Gasteiger partial charge in [-0.1, -0.05) is 60.7 Å². The van der Waals surface area contributed by atoms with Crippen molar-refractivity contribution in [2.45, 2.75) is 36.6 Å². The largest absolute Gasteiger partial charge is 1.00 e. The molecule has 3 aliphatic rings. The average Bonchev–Trinajstić information content (AvgIpc) is 3.02. The smallest absolute Gasteiger partial charge is 0.872 e. The van der Waals surface area contributed by atoms with Gasteiger partial charge in [0.1, 0.15) is 24.4 Å². The van der Waals surface area contributed by atoms with Crippen LogP contribution in [0, 0.1) is 0 Å². The number of rotatable bonds is 5. The molecule has 1 fully saturated rings. The molecule has 1 heterocycles. The first-order chi connectivity index (χ1) is 14.9. The van der Waals surface area contributed by atoms with E-state index in [0.717, 1.165) is 22.3 Å². The molecule has 164 valence electrons. The van der Waals surface area contributed by atoms with Crippen molar-refractivity contribution < 1.29 is 64.6 Å². The van der Waals surface area contributed by atoms with E-state index in [-0.39, 0.29) is 35.1 Å². The zero-order valence-corrected chi connectivity index (χ0v) is 20.0. The second kappa shape index (κ2) is 10.2. The first-order valence-corrected chi connectivity index (χ1v) is 10.1. The van der Waals surface area contributed by atoms with Crippen LogP contribution in [0.2, 0.25) is 0 Å². The van der Waals surface area contributed by atoms with Gasteiger partial charge in [0.25, 0.3) is 0 Å². The fraction of sp³-hybridized carbons (Fsp3) is 0.333. The number of methoxy groups -OCH3 is 1. The van der Waals surface area contributed by atoms with Gasteiger partial charge in [-0.2, -0.15) is 0 Å². The topological polar surface area (TPSA) is 122 Å². The molecule has 0 bridgehead atoms. The number of aliphatic hydroxyl groups is 4. The molecule has 1 aliphatic heterocycles. The summed E-state index contributed by atoms with van der Waals surface area (Å²) in [4.78, 5) is 0. The number of fused-ring (bicyclic) bond motifs is 1. The van der Waals surface area contributed by atoms with Gasteiger partial charge in [-0.25, -0.2) is 0 Å². The van der Waals surface area contributed by atoms with Crippen LogP contribution >= 0.6 is 0 Å². The summed E-state index contributed by atoms with van der Waals surface area (Å²) in [5, 5.41) is 53.3. The Labute approximate surface area is 208 Å². The van der Waals surface area contributed by atoms with Crippen LogP contribution in [0.3, 0.4) is 0 Å². The van der Waals surface area contributed by atoms with Gasteiger partial charge in [-0.15, -0.1) is 5.75 Å². The quantitative estimate of drug-likeness (QED) is 0.325. The minimum Gasteiger partial charge on any atom is -0.872 e. The zero-order valence-electron chi connectivity index (χ0n) is 18.0. The van der Waals surface area contributed by atoms with Crippen LogP contribution in [0.15, 0.2) is 60.7 Å². The molecule has 0 aromatic heterocycles. The predicted molar refractivity (Wildman–Crippen MR) is 110 cm³/mol. The Morgan fingerprint density at radius 2 is 1.59 bits per heavy atom. The van der Waals surface area contributed by atoms with Crippen molar-refractivity contribution in [2.75, 3.05) is 13.7 Å². The number of ether oxygens (including phenoxy) is 2. The second-order valence-electron chi connectivity index (χ2n) is 7.83. The molecule has 1 saturated heterocycles. The summed E-state index contributed by atoms with van der Waals surface area (Å²) in [6, 6.07) is 18.7. The molecule has 0 spiro atoms. The summed E-state index contributed by atoms with van der Waals surface area (Å²) < 4.78 is 11.1. The second-order valence-corrected chi connectivity index (χ2v) is 7.83. The van der Waals surface area contributed by atoms with Crippen LogP contribution in [0.1, 0.15) is 16.7 Å². The summed E-state index contributed by atoms with van der Waals surface area (Å²) in [6.07, 6.45) is -5.65. The number of aliphatic hydroxyl groups excluding tert-OH is 4. The van der Waals surface area contributed by atoms with Gasteiger partial charge in [0.05, 0.1) is 6.61 Å². The maximum atomic E-state index is 12.7.